The molecule has 0 aliphatic carbocycles. The van der Waals surface area contributed by atoms with Gasteiger partial charge in [-0.05, 0) is 11.6 Å². The summed E-state index contributed by atoms with van der Waals surface area (Å²) in [5.74, 6) is 1.16. The second-order valence-corrected chi connectivity index (χ2v) is 4.97. The standard InChI is InChI=1S/C10H11NO2S/c11-10(12)9-4-2-1-3-8(9)7-5-14(13)6-7/h1-4,7H,5-6H2,(H2,11,12). The summed E-state index contributed by atoms with van der Waals surface area (Å²) in [6.45, 7) is 0. The molecule has 2 N–H and O–H groups in total. The Balaban J connectivity index is 2.28. The van der Waals surface area contributed by atoms with Gasteiger partial charge in [0.2, 0.25) is 5.91 Å². The van der Waals surface area contributed by atoms with Crippen LogP contribution in [0.15, 0.2) is 24.3 Å². The first-order chi connectivity index (χ1) is 6.68. The normalized spacial score (nSPS) is 25.5. The Bertz CT molecular complexity index is 361. The highest BCUT2D eigenvalue weighted by atomic mass is 32.2. The molecule has 1 aromatic carbocycles. The zero-order chi connectivity index (χ0) is 10.1. The Morgan fingerprint density at radius 3 is 2.64 bits per heavy atom. The third kappa shape index (κ3) is 1.63. The van der Waals surface area contributed by atoms with E-state index in [4.69, 9.17) is 5.73 Å². The van der Waals surface area contributed by atoms with Crippen molar-refractivity contribution in [1.29, 1.82) is 0 Å². The molecule has 3 nitrogen and oxygen atoms in total. The van der Waals surface area contributed by atoms with Crippen LogP contribution in [-0.2, 0) is 11.2 Å². The van der Waals surface area contributed by atoms with Gasteiger partial charge >= 0.3 is 0 Å². The van der Waals surface area contributed by atoms with Gasteiger partial charge in [0.25, 0.3) is 0 Å². The molecule has 0 bridgehead atoms. The number of benzene rings is 1. The summed E-state index contributed by atoms with van der Waals surface area (Å²) < 4.78 is 11.0. The van der Waals surface area contributed by atoms with Gasteiger partial charge in [-0.15, -0.1) is 0 Å². The average Bonchev–Trinajstić information content (AvgIpc) is 2.13. The number of hydrogen-bond donors (Lipinski definition) is 1. The van der Waals surface area contributed by atoms with E-state index in [1.807, 2.05) is 12.1 Å². The van der Waals surface area contributed by atoms with Gasteiger partial charge in [-0.25, -0.2) is 0 Å². The fourth-order valence-corrected chi connectivity index (χ4v) is 2.82. The van der Waals surface area contributed by atoms with Crippen molar-refractivity contribution in [3.8, 4) is 0 Å². The maximum atomic E-state index is 11.1. The van der Waals surface area contributed by atoms with E-state index < -0.39 is 17.1 Å². The number of carbonyl (C=O) groups excluding carboxylic acids is 1. The van der Waals surface area contributed by atoms with Gasteiger partial charge in [-0.1, -0.05) is 29.4 Å². The second-order valence-electron chi connectivity index (χ2n) is 3.42. The first kappa shape index (κ1) is 9.55. The molecule has 1 amide bonds. The SMILES string of the molecule is NC(=O)c1ccccc1C1C[S+]([O-])C1. The van der Waals surface area contributed by atoms with E-state index in [1.54, 1.807) is 12.1 Å². The summed E-state index contributed by atoms with van der Waals surface area (Å²) >= 11 is -0.696. The molecular weight excluding hydrogens is 198 g/mol. The largest absolute Gasteiger partial charge is 0.616 e. The van der Waals surface area contributed by atoms with Crippen LogP contribution in [0.5, 0.6) is 0 Å². The highest BCUT2D eigenvalue weighted by Gasteiger charge is 2.34. The van der Waals surface area contributed by atoms with Gasteiger partial charge in [-0.3, -0.25) is 4.79 Å². The molecule has 0 saturated carbocycles. The van der Waals surface area contributed by atoms with E-state index in [9.17, 15) is 9.35 Å². The van der Waals surface area contributed by atoms with Crippen molar-refractivity contribution in [3.63, 3.8) is 0 Å². The summed E-state index contributed by atoms with van der Waals surface area (Å²) in [5.41, 5.74) is 6.76. The van der Waals surface area contributed by atoms with E-state index in [-0.39, 0.29) is 5.92 Å². The summed E-state index contributed by atoms with van der Waals surface area (Å²) in [7, 11) is 0. The molecule has 1 fully saturated rings. The lowest BCUT2D eigenvalue weighted by atomic mass is 9.96. The van der Waals surface area contributed by atoms with E-state index >= 15 is 0 Å². The molecule has 0 aromatic heterocycles. The molecule has 1 aliphatic rings. The van der Waals surface area contributed by atoms with Gasteiger partial charge in [0.05, 0.1) is 5.92 Å². The average molecular weight is 209 g/mol. The van der Waals surface area contributed by atoms with Crippen molar-refractivity contribution in [1.82, 2.24) is 0 Å². The number of primary amides is 1. The minimum Gasteiger partial charge on any atom is -0.616 e. The zero-order valence-corrected chi connectivity index (χ0v) is 8.42. The van der Waals surface area contributed by atoms with Crippen molar-refractivity contribution in [2.45, 2.75) is 5.92 Å². The predicted molar refractivity (Wildman–Crippen MR) is 55.6 cm³/mol. The molecule has 1 aromatic rings. The number of hydrogen-bond acceptors (Lipinski definition) is 2. The Hall–Kier alpha value is -1.00. The molecule has 2 rings (SSSR count). The predicted octanol–water partition coefficient (Wildman–Crippen LogP) is 0.631. The molecule has 14 heavy (non-hydrogen) atoms. The molecule has 0 unspecified atom stereocenters. The minimum absolute atomic E-state index is 0.250. The second kappa shape index (κ2) is 3.63. The molecular formula is C10H11NO2S. The van der Waals surface area contributed by atoms with Crippen LogP contribution in [0.3, 0.4) is 0 Å². The van der Waals surface area contributed by atoms with Crippen LogP contribution in [0.2, 0.25) is 0 Å². The molecule has 1 saturated heterocycles. The van der Waals surface area contributed by atoms with Gasteiger partial charge in [0.1, 0.15) is 11.5 Å². The summed E-state index contributed by atoms with van der Waals surface area (Å²) in [6.07, 6.45) is 0. The highest BCUT2D eigenvalue weighted by Crippen LogP contribution is 2.31. The van der Waals surface area contributed by atoms with E-state index in [1.165, 1.54) is 0 Å². The molecule has 0 atom stereocenters. The van der Waals surface area contributed by atoms with Gasteiger partial charge in [-0.2, -0.15) is 0 Å². The summed E-state index contributed by atoms with van der Waals surface area (Å²) in [5, 5.41) is 0. The Morgan fingerprint density at radius 2 is 2.07 bits per heavy atom. The van der Waals surface area contributed by atoms with Crippen LogP contribution >= 0.6 is 0 Å². The van der Waals surface area contributed by atoms with E-state index in [2.05, 4.69) is 0 Å². The first-order valence-corrected chi connectivity index (χ1v) is 5.91. The lowest BCUT2D eigenvalue weighted by Crippen LogP contribution is -2.35. The molecule has 74 valence electrons. The molecule has 0 spiro atoms. The van der Waals surface area contributed by atoms with Crippen LogP contribution < -0.4 is 5.73 Å². The number of nitrogens with two attached hydrogens (primary N) is 1. The van der Waals surface area contributed by atoms with Crippen LogP contribution in [0, 0.1) is 0 Å². The molecule has 4 heteroatoms. The lowest BCUT2D eigenvalue weighted by Gasteiger charge is -2.29. The van der Waals surface area contributed by atoms with Crippen LogP contribution in [0.25, 0.3) is 0 Å². The Labute approximate surface area is 85.5 Å². The monoisotopic (exact) mass is 209 g/mol. The van der Waals surface area contributed by atoms with Crippen LogP contribution in [-0.4, -0.2) is 22.0 Å². The topological polar surface area (TPSA) is 66.2 Å². The van der Waals surface area contributed by atoms with E-state index in [0.717, 1.165) is 5.56 Å². The number of amides is 1. The van der Waals surface area contributed by atoms with E-state index in [0.29, 0.717) is 17.1 Å². The quantitative estimate of drug-likeness (QED) is 0.726. The third-order valence-corrected chi connectivity index (χ3v) is 3.99. The fraction of sp³-hybridized carbons (Fsp3) is 0.300. The van der Waals surface area contributed by atoms with Crippen LogP contribution in [0.4, 0.5) is 0 Å². The van der Waals surface area contributed by atoms with Crippen molar-refractivity contribution in [2.75, 3.05) is 11.5 Å². The van der Waals surface area contributed by atoms with Crippen LogP contribution in [0.1, 0.15) is 21.8 Å². The minimum atomic E-state index is -0.696. The lowest BCUT2D eigenvalue weighted by molar-refractivity contribution is 0.0999. The van der Waals surface area contributed by atoms with Crippen molar-refractivity contribution in [2.24, 2.45) is 5.73 Å². The first-order valence-electron chi connectivity index (χ1n) is 4.42. The van der Waals surface area contributed by atoms with Crippen molar-refractivity contribution in [3.05, 3.63) is 35.4 Å². The third-order valence-electron chi connectivity index (χ3n) is 2.44. The number of rotatable bonds is 2. The molecule has 0 radical (unpaired) electrons. The highest BCUT2D eigenvalue weighted by molar-refractivity contribution is 7.92. The zero-order valence-electron chi connectivity index (χ0n) is 7.60. The Morgan fingerprint density at radius 1 is 1.43 bits per heavy atom. The smallest absolute Gasteiger partial charge is 0.248 e. The van der Waals surface area contributed by atoms with Crippen molar-refractivity contribution >= 4 is 17.1 Å². The molecule has 1 aliphatic heterocycles. The van der Waals surface area contributed by atoms with Gasteiger partial charge in [0.15, 0.2) is 0 Å². The maximum Gasteiger partial charge on any atom is 0.248 e. The Kier molecular flexibility index (Phi) is 2.48. The summed E-state index contributed by atoms with van der Waals surface area (Å²) in [4.78, 5) is 11.1. The van der Waals surface area contributed by atoms with Gasteiger partial charge in [0, 0.05) is 5.56 Å². The maximum absolute atomic E-state index is 11.1. The fourth-order valence-electron chi connectivity index (χ4n) is 1.66. The van der Waals surface area contributed by atoms with Crippen molar-refractivity contribution < 1.29 is 9.35 Å². The number of carbonyl (C=O) groups is 1. The molecule has 1 heterocycles. The van der Waals surface area contributed by atoms with Gasteiger partial charge < -0.3 is 10.3 Å². The summed E-state index contributed by atoms with van der Waals surface area (Å²) in [6, 6.07) is 7.28.